The van der Waals surface area contributed by atoms with Crippen LogP contribution in [-0.4, -0.2) is 39.3 Å². The van der Waals surface area contributed by atoms with Gasteiger partial charge in [-0.05, 0) is 32.0 Å². The van der Waals surface area contributed by atoms with Gasteiger partial charge < -0.3 is 10.2 Å². The lowest BCUT2D eigenvalue weighted by Crippen LogP contribution is -2.39. The van der Waals surface area contributed by atoms with Gasteiger partial charge in [0.2, 0.25) is 0 Å². The van der Waals surface area contributed by atoms with Crippen LogP contribution in [0.1, 0.15) is 20.3 Å². The summed E-state index contributed by atoms with van der Waals surface area (Å²) in [5.74, 6) is -1.01. The molecule has 0 aliphatic heterocycles. The van der Waals surface area contributed by atoms with Crippen molar-refractivity contribution in [2.24, 2.45) is 0 Å². The van der Waals surface area contributed by atoms with E-state index in [1.807, 2.05) is 0 Å². The topological polar surface area (TPSA) is 60.8 Å². The van der Waals surface area contributed by atoms with Crippen molar-refractivity contribution in [3.8, 4) is 0 Å². The van der Waals surface area contributed by atoms with E-state index in [9.17, 15) is 4.79 Å². The maximum atomic E-state index is 10.6. The summed E-state index contributed by atoms with van der Waals surface area (Å²) in [4.78, 5) is 10.6. The summed E-state index contributed by atoms with van der Waals surface area (Å²) in [6.07, 6.45) is 0.150. The van der Waals surface area contributed by atoms with E-state index in [2.05, 4.69) is 0 Å². The van der Waals surface area contributed by atoms with Gasteiger partial charge >= 0.3 is 5.97 Å². The lowest BCUT2D eigenvalue weighted by Gasteiger charge is -2.24. The number of aliphatic hydroxyl groups excluding tert-OH is 1. The number of carboxylic acids is 1. The summed E-state index contributed by atoms with van der Waals surface area (Å²) in [7, 11) is 0. The van der Waals surface area contributed by atoms with Crippen molar-refractivity contribution < 1.29 is 15.0 Å². The molecule has 2 N–H and O–H groups in total. The number of aliphatic hydroxyl groups is 1. The number of carbonyl (C=O) groups is 1. The zero-order chi connectivity index (χ0) is 9.72. The average molecular weight is 196 g/mol. The highest BCUT2D eigenvalue weighted by molar-refractivity contribution is 6.14. The minimum Gasteiger partial charge on any atom is -0.480 e. The van der Waals surface area contributed by atoms with E-state index >= 15 is 0 Å². The molecule has 4 nitrogen and oxygen atoms in total. The van der Waals surface area contributed by atoms with Gasteiger partial charge in [0.25, 0.3) is 0 Å². The highest BCUT2D eigenvalue weighted by Gasteiger charge is 2.25. The van der Waals surface area contributed by atoms with Crippen molar-refractivity contribution in [1.29, 1.82) is 0 Å². The Kier molecular flexibility index (Phi) is 5.20. The van der Waals surface area contributed by atoms with Crippen molar-refractivity contribution in [3.63, 3.8) is 0 Å². The standard InChI is InChI=1S/C7H14ClNO3/c1-5(2)9(8)6(3-4-10)7(11)12/h5-6,10H,3-4H2,1-2H3,(H,11,12)/t6-/m0/s1. The molecule has 5 heteroatoms. The monoisotopic (exact) mass is 195 g/mol. The molecule has 0 heterocycles. The SMILES string of the molecule is CC(C)N(Cl)[C@@H](CCO)C(=O)O. The quantitative estimate of drug-likeness (QED) is 0.634. The van der Waals surface area contributed by atoms with Crippen molar-refractivity contribution in [3.05, 3.63) is 0 Å². The number of halogens is 1. The van der Waals surface area contributed by atoms with E-state index in [-0.39, 0.29) is 19.1 Å². The average Bonchev–Trinajstić information content (AvgIpc) is 1.98. The number of hydrogen-bond donors (Lipinski definition) is 2. The summed E-state index contributed by atoms with van der Waals surface area (Å²) in [5.41, 5.74) is 0. The van der Waals surface area contributed by atoms with Crippen LogP contribution in [0.5, 0.6) is 0 Å². The van der Waals surface area contributed by atoms with Crippen LogP contribution in [0.25, 0.3) is 0 Å². The largest absolute Gasteiger partial charge is 0.480 e. The van der Waals surface area contributed by atoms with Gasteiger partial charge in [-0.25, -0.2) is 4.42 Å². The maximum Gasteiger partial charge on any atom is 0.322 e. The Labute approximate surface area is 76.9 Å². The van der Waals surface area contributed by atoms with Crippen LogP contribution in [0.4, 0.5) is 0 Å². The van der Waals surface area contributed by atoms with E-state index in [0.29, 0.717) is 0 Å². The van der Waals surface area contributed by atoms with Gasteiger partial charge in [-0.1, -0.05) is 0 Å². The number of nitrogens with zero attached hydrogens (tertiary/aromatic N) is 1. The Balaban J connectivity index is 4.18. The molecule has 0 fully saturated rings. The molecule has 0 aromatic rings. The molecule has 0 amide bonds. The second kappa shape index (κ2) is 5.35. The molecule has 0 unspecified atom stereocenters. The van der Waals surface area contributed by atoms with Crippen LogP contribution in [0, 0.1) is 0 Å². The fourth-order valence-electron chi connectivity index (χ4n) is 0.834. The van der Waals surface area contributed by atoms with E-state index in [1.54, 1.807) is 13.8 Å². The van der Waals surface area contributed by atoms with Crippen LogP contribution in [0.15, 0.2) is 0 Å². The molecular weight excluding hydrogens is 182 g/mol. The highest BCUT2D eigenvalue weighted by atomic mass is 35.5. The number of aliphatic carboxylic acids is 1. The second-order valence-corrected chi connectivity index (χ2v) is 3.19. The van der Waals surface area contributed by atoms with Crippen molar-refractivity contribution in [2.45, 2.75) is 32.4 Å². The van der Waals surface area contributed by atoms with E-state index < -0.39 is 12.0 Å². The molecule has 0 aliphatic carbocycles. The Bertz CT molecular complexity index is 152. The zero-order valence-corrected chi connectivity index (χ0v) is 7.95. The third-order valence-electron chi connectivity index (χ3n) is 1.48. The van der Waals surface area contributed by atoms with Gasteiger partial charge in [0.05, 0.1) is 0 Å². The molecule has 1 atom stereocenters. The first-order valence-electron chi connectivity index (χ1n) is 3.78. The first-order valence-corrected chi connectivity index (χ1v) is 4.12. The van der Waals surface area contributed by atoms with Gasteiger partial charge in [-0.3, -0.25) is 4.79 Å². The Morgan fingerprint density at radius 3 is 2.33 bits per heavy atom. The molecule has 0 saturated carbocycles. The lowest BCUT2D eigenvalue weighted by atomic mass is 10.2. The zero-order valence-electron chi connectivity index (χ0n) is 7.20. The minimum absolute atomic E-state index is 0.0562. The predicted molar refractivity (Wildman–Crippen MR) is 46.0 cm³/mol. The summed E-state index contributed by atoms with van der Waals surface area (Å²) < 4.78 is 1.21. The highest BCUT2D eigenvalue weighted by Crippen LogP contribution is 2.12. The van der Waals surface area contributed by atoms with Crippen molar-refractivity contribution in [2.75, 3.05) is 6.61 Å². The van der Waals surface area contributed by atoms with Crippen LogP contribution in [0.3, 0.4) is 0 Å². The molecule has 12 heavy (non-hydrogen) atoms. The molecule has 0 aromatic heterocycles. The van der Waals surface area contributed by atoms with Gasteiger partial charge in [-0.2, -0.15) is 0 Å². The molecule has 0 saturated heterocycles. The summed E-state index contributed by atoms with van der Waals surface area (Å²) >= 11 is 5.70. The smallest absolute Gasteiger partial charge is 0.322 e. The van der Waals surface area contributed by atoms with Crippen molar-refractivity contribution in [1.82, 2.24) is 4.42 Å². The number of rotatable bonds is 5. The first kappa shape index (κ1) is 11.7. The first-order chi connectivity index (χ1) is 5.50. The Hall–Kier alpha value is -0.320. The molecule has 0 bridgehead atoms. The lowest BCUT2D eigenvalue weighted by molar-refractivity contribution is -0.142. The second-order valence-electron chi connectivity index (χ2n) is 2.80. The predicted octanol–water partition coefficient (Wildman–Crippen LogP) is 0.686. The number of carboxylic acid groups (broad SMARTS) is 1. The third-order valence-corrected chi connectivity index (χ3v) is 2.10. The van der Waals surface area contributed by atoms with Crippen LogP contribution >= 0.6 is 11.8 Å². The summed E-state index contributed by atoms with van der Waals surface area (Å²) in [6, 6.07) is -0.865. The fraction of sp³-hybridized carbons (Fsp3) is 0.857. The van der Waals surface area contributed by atoms with E-state index in [1.165, 1.54) is 4.42 Å². The van der Waals surface area contributed by atoms with Gasteiger partial charge in [0.1, 0.15) is 6.04 Å². The Morgan fingerprint density at radius 2 is 2.08 bits per heavy atom. The summed E-state index contributed by atoms with van der Waals surface area (Å²) in [5, 5.41) is 17.3. The molecular formula is C7H14ClNO3. The number of hydrogen-bond acceptors (Lipinski definition) is 3. The molecule has 0 radical (unpaired) electrons. The van der Waals surface area contributed by atoms with E-state index in [0.717, 1.165) is 0 Å². The normalized spacial score (nSPS) is 13.8. The fourth-order valence-corrected chi connectivity index (χ4v) is 1.02. The molecule has 0 aromatic carbocycles. The van der Waals surface area contributed by atoms with Gasteiger partial charge in [0.15, 0.2) is 0 Å². The molecule has 0 rings (SSSR count). The van der Waals surface area contributed by atoms with Crippen LogP contribution in [-0.2, 0) is 4.79 Å². The molecule has 0 spiro atoms. The maximum absolute atomic E-state index is 10.6. The van der Waals surface area contributed by atoms with Gasteiger partial charge in [-0.15, -0.1) is 0 Å². The third kappa shape index (κ3) is 3.38. The van der Waals surface area contributed by atoms with Gasteiger partial charge in [0, 0.05) is 12.6 Å². The molecule has 0 aliphatic rings. The van der Waals surface area contributed by atoms with Crippen LogP contribution < -0.4 is 0 Å². The van der Waals surface area contributed by atoms with Crippen molar-refractivity contribution >= 4 is 17.7 Å². The summed E-state index contributed by atoms with van der Waals surface area (Å²) in [6.45, 7) is 3.41. The van der Waals surface area contributed by atoms with E-state index in [4.69, 9.17) is 22.0 Å². The Morgan fingerprint density at radius 1 is 1.58 bits per heavy atom. The van der Waals surface area contributed by atoms with Crippen LogP contribution in [0.2, 0.25) is 0 Å². The molecule has 72 valence electrons. The minimum atomic E-state index is -1.01.